The van der Waals surface area contributed by atoms with Gasteiger partial charge in [0.15, 0.2) is 5.54 Å². The lowest BCUT2D eigenvalue weighted by atomic mass is 9.92. The van der Waals surface area contributed by atoms with Gasteiger partial charge >= 0.3 is 5.97 Å². The Morgan fingerprint density at radius 1 is 1.38 bits per heavy atom. The SMILES string of the molecule is CC(NC(=O)CCl)(C(=O)O)c1ccccc1. The first-order valence-corrected chi connectivity index (χ1v) is 5.20. The fraction of sp³-hybridized carbons (Fsp3) is 0.273. The van der Waals surface area contributed by atoms with Crippen molar-refractivity contribution in [2.75, 3.05) is 5.88 Å². The highest BCUT2D eigenvalue weighted by Crippen LogP contribution is 2.20. The predicted octanol–water partition coefficient (Wildman–Crippen LogP) is 1.34. The molecule has 0 saturated carbocycles. The maximum atomic E-state index is 11.2. The Morgan fingerprint density at radius 2 is 1.94 bits per heavy atom. The first kappa shape index (κ1) is 12.5. The fourth-order valence-electron chi connectivity index (χ4n) is 1.33. The van der Waals surface area contributed by atoms with Gasteiger partial charge in [0.25, 0.3) is 0 Å². The molecule has 1 aromatic carbocycles. The first-order valence-electron chi connectivity index (χ1n) is 4.66. The Kier molecular flexibility index (Phi) is 3.90. The number of nitrogens with one attached hydrogen (secondary N) is 1. The van der Waals surface area contributed by atoms with Crippen LogP contribution in [0.25, 0.3) is 0 Å². The molecular formula is C11H12ClNO3. The number of alkyl halides is 1. The molecule has 0 radical (unpaired) electrons. The van der Waals surface area contributed by atoms with E-state index in [1.54, 1.807) is 30.3 Å². The Bertz CT molecular complexity index is 393. The highest BCUT2D eigenvalue weighted by atomic mass is 35.5. The minimum atomic E-state index is -1.45. The summed E-state index contributed by atoms with van der Waals surface area (Å²) in [5, 5.41) is 11.6. The first-order chi connectivity index (χ1) is 7.50. The van der Waals surface area contributed by atoms with Crippen LogP contribution in [0, 0.1) is 0 Å². The molecule has 1 amide bonds. The van der Waals surface area contributed by atoms with Crippen LogP contribution in [0.4, 0.5) is 0 Å². The molecule has 5 heteroatoms. The van der Waals surface area contributed by atoms with Crippen LogP contribution in [0.15, 0.2) is 30.3 Å². The summed E-state index contributed by atoms with van der Waals surface area (Å²) in [4.78, 5) is 22.4. The molecule has 1 atom stereocenters. The summed E-state index contributed by atoms with van der Waals surface area (Å²) in [7, 11) is 0. The zero-order chi connectivity index (χ0) is 12.2. The van der Waals surface area contributed by atoms with Gasteiger partial charge in [0.1, 0.15) is 5.88 Å². The summed E-state index contributed by atoms with van der Waals surface area (Å²) in [6.07, 6.45) is 0. The number of hydrogen-bond donors (Lipinski definition) is 2. The summed E-state index contributed by atoms with van der Waals surface area (Å²) in [5.74, 6) is -1.91. The second kappa shape index (κ2) is 4.99. The Balaban J connectivity index is 3.07. The molecule has 4 nitrogen and oxygen atoms in total. The molecule has 0 aliphatic rings. The quantitative estimate of drug-likeness (QED) is 0.782. The second-order valence-electron chi connectivity index (χ2n) is 3.48. The van der Waals surface area contributed by atoms with Gasteiger partial charge in [0.2, 0.25) is 5.91 Å². The Hall–Kier alpha value is -1.55. The minimum Gasteiger partial charge on any atom is -0.479 e. The molecule has 0 aromatic heterocycles. The van der Waals surface area contributed by atoms with Crippen molar-refractivity contribution in [1.29, 1.82) is 0 Å². The number of amides is 1. The van der Waals surface area contributed by atoms with E-state index in [2.05, 4.69) is 5.32 Å². The van der Waals surface area contributed by atoms with Crippen molar-refractivity contribution in [2.24, 2.45) is 0 Å². The highest BCUT2D eigenvalue weighted by molar-refractivity contribution is 6.27. The number of halogens is 1. The molecule has 0 saturated heterocycles. The Labute approximate surface area is 98.2 Å². The number of hydrogen-bond acceptors (Lipinski definition) is 2. The van der Waals surface area contributed by atoms with Crippen LogP contribution in [0.1, 0.15) is 12.5 Å². The molecular weight excluding hydrogens is 230 g/mol. The molecule has 1 rings (SSSR count). The zero-order valence-electron chi connectivity index (χ0n) is 8.74. The normalized spacial score (nSPS) is 13.9. The van der Waals surface area contributed by atoms with Gasteiger partial charge in [0, 0.05) is 0 Å². The van der Waals surface area contributed by atoms with Crippen molar-refractivity contribution < 1.29 is 14.7 Å². The van der Waals surface area contributed by atoms with Crippen molar-refractivity contribution >= 4 is 23.5 Å². The average molecular weight is 242 g/mol. The lowest BCUT2D eigenvalue weighted by Gasteiger charge is -2.26. The number of carbonyl (C=O) groups is 2. The fourth-order valence-corrected chi connectivity index (χ4v) is 1.40. The van der Waals surface area contributed by atoms with Gasteiger partial charge in [0.05, 0.1) is 0 Å². The van der Waals surface area contributed by atoms with E-state index in [0.29, 0.717) is 5.56 Å². The van der Waals surface area contributed by atoms with E-state index >= 15 is 0 Å². The maximum Gasteiger partial charge on any atom is 0.333 e. The number of carbonyl (C=O) groups excluding carboxylic acids is 1. The molecule has 0 fully saturated rings. The van der Waals surface area contributed by atoms with Crippen molar-refractivity contribution in [1.82, 2.24) is 5.32 Å². The molecule has 16 heavy (non-hydrogen) atoms. The third-order valence-electron chi connectivity index (χ3n) is 2.29. The Morgan fingerprint density at radius 3 is 2.38 bits per heavy atom. The van der Waals surface area contributed by atoms with E-state index < -0.39 is 17.4 Å². The number of benzene rings is 1. The number of aliphatic carboxylic acids is 1. The zero-order valence-corrected chi connectivity index (χ0v) is 9.49. The van der Waals surface area contributed by atoms with Gasteiger partial charge in [-0.1, -0.05) is 30.3 Å². The van der Waals surface area contributed by atoms with Gasteiger partial charge in [-0.05, 0) is 12.5 Å². The van der Waals surface area contributed by atoms with Crippen LogP contribution < -0.4 is 5.32 Å². The molecule has 1 unspecified atom stereocenters. The summed E-state index contributed by atoms with van der Waals surface area (Å²) in [6.45, 7) is 1.43. The predicted molar refractivity (Wildman–Crippen MR) is 60.3 cm³/mol. The molecule has 0 aliphatic carbocycles. The summed E-state index contributed by atoms with van der Waals surface area (Å²) < 4.78 is 0. The second-order valence-corrected chi connectivity index (χ2v) is 3.75. The summed E-state index contributed by atoms with van der Waals surface area (Å²) in [6, 6.07) is 8.48. The van der Waals surface area contributed by atoms with Gasteiger partial charge in [-0.15, -0.1) is 11.6 Å². The number of carboxylic acid groups (broad SMARTS) is 1. The summed E-state index contributed by atoms with van der Waals surface area (Å²) in [5.41, 5.74) is -0.950. The maximum absolute atomic E-state index is 11.2. The molecule has 1 aromatic rings. The molecule has 0 bridgehead atoms. The third-order valence-corrected chi connectivity index (χ3v) is 2.53. The molecule has 2 N–H and O–H groups in total. The smallest absolute Gasteiger partial charge is 0.333 e. The molecule has 0 heterocycles. The van der Waals surface area contributed by atoms with E-state index in [9.17, 15) is 14.7 Å². The number of rotatable bonds is 4. The van der Waals surface area contributed by atoms with E-state index in [1.165, 1.54) is 6.92 Å². The van der Waals surface area contributed by atoms with Crippen molar-refractivity contribution in [2.45, 2.75) is 12.5 Å². The average Bonchev–Trinajstić information content (AvgIpc) is 2.29. The van der Waals surface area contributed by atoms with Gasteiger partial charge < -0.3 is 10.4 Å². The van der Waals surface area contributed by atoms with E-state index in [1.807, 2.05) is 0 Å². The van der Waals surface area contributed by atoms with Crippen LogP contribution in [0.2, 0.25) is 0 Å². The topological polar surface area (TPSA) is 66.4 Å². The van der Waals surface area contributed by atoms with Crippen molar-refractivity contribution in [3.63, 3.8) is 0 Å². The lowest BCUT2D eigenvalue weighted by molar-refractivity contribution is -0.147. The number of carboxylic acids is 1. The van der Waals surface area contributed by atoms with Crippen LogP contribution in [0.3, 0.4) is 0 Å². The lowest BCUT2D eigenvalue weighted by Crippen LogP contribution is -2.50. The highest BCUT2D eigenvalue weighted by Gasteiger charge is 2.36. The molecule has 0 aliphatic heterocycles. The van der Waals surface area contributed by atoms with Crippen molar-refractivity contribution in [3.8, 4) is 0 Å². The summed E-state index contributed by atoms with van der Waals surface area (Å²) >= 11 is 5.35. The van der Waals surface area contributed by atoms with Crippen LogP contribution in [0.5, 0.6) is 0 Å². The largest absolute Gasteiger partial charge is 0.479 e. The van der Waals surface area contributed by atoms with E-state index in [0.717, 1.165) is 0 Å². The van der Waals surface area contributed by atoms with Crippen molar-refractivity contribution in [3.05, 3.63) is 35.9 Å². The monoisotopic (exact) mass is 241 g/mol. The van der Waals surface area contributed by atoms with Gasteiger partial charge in [-0.2, -0.15) is 0 Å². The van der Waals surface area contributed by atoms with Crippen LogP contribution >= 0.6 is 11.6 Å². The third kappa shape index (κ3) is 2.52. The minimum absolute atomic E-state index is 0.268. The van der Waals surface area contributed by atoms with E-state index in [-0.39, 0.29) is 5.88 Å². The van der Waals surface area contributed by atoms with Crippen LogP contribution in [-0.4, -0.2) is 22.9 Å². The standard InChI is InChI=1S/C11H12ClNO3/c1-11(10(15)16,13-9(14)7-12)8-5-3-2-4-6-8/h2-6H,7H2,1H3,(H,13,14)(H,15,16). The van der Waals surface area contributed by atoms with Crippen LogP contribution in [-0.2, 0) is 15.1 Å². The van der Waals surface area contributed by atoms with Gasteiger partial charge in [-0.3, -0.25) is 4.79 Å². The van der Waals surface area contributed by atoms with Gasteiger partial charge in [-0.25, -0.2) is 4.79 Å². The molecule has 86 valence electrons. The van der Waals surface area contributed by atoms with E-state index in [4.69, 9.17) is 11.6 Å². The molecule has 0 spiro atoms.